The Morgan fingerprint density at radius 1 is 0.960 bits per heavy atom. The van der Waals surface area contributed by atoms with E-state index in [1.54, 1.807) is 43.3 Å². The number of phenolic OH excluding ortho intramolecular Hbond substituents is 2. The van der Waals surface area contributed by atoms with E-state index in [1.165, 1.54) is 27.4 Å². The second kappa shape index (κ2) is 16.3. The number of Topliss-reactive ketones (excluding diaryl/α,β-unsaturated/α-hetero) is 1. The molecule has 2 atom stereocenters. The lowest BCUT2D eigenvalue weighted by atomic mass is 9.84. The van der Waals surface area contributed by atoms with E-state index in [0.29, 0.717) is 72.8 Å². The molecule has 3 aromatic rings. The second-order valence-corrected chi connectivity index (χ2v) is 12.2. The van der Waals surface area contributed by atoms with E-state index in [4.69, 9.17) is 28.4 Å². The van der Waals surface area contributed by atoms with Gasteiger partial charge in [0.15, 0.2) is 23.0 Å². The summed E-state index contributed by atoms with van der Waals surface area (Å²) < 4.78 is 33.2. The Labute approximate surface area is 290 Å². The van der Waals surface area contributed by atoms with Crippen LogP contribution < -0.4 is 29.0 Å². The number of phenols is 2. The monoisotopic (exact) mass is 689 g/mol. The minimum Gasteiger partial charge on any atom is -0.507 e. The summed E-state index contributed by atoms with van der Waals surface area (Å²) in [6.45, 7) is 2.02. The summed E-state index contributed by atoms with van der Waals surface area (Å²) in [6, 6.07) is 9.99. The normalized spacial score (nSPS) is 16.8. The lowest BCUT2D eigenvalue weighted by Gasteiger charge is -2.24. The smallest absolute Gasteiger partial charge is 0.342 e. The highest BCUT2D eigenvalue weighted by atomic mass is 16.7. The standard InChI is InChI=1S/C38H43NO11/c1-22-9-8-12-26(40)11-7-5-6-10-24-16-28(41)35(36(43)34(24)38(44)50-22)27(25-17-31(45-2)37(47-4)32(18-25)46-3)19-33(42)39-20-23-13-14-29-30(15-23)49-21-48-29/h6,10,13-18,22,27,41,43H,5,7-9,11-12,19-21H2,1-4H3,(H,39,42). The Kier molecular flexibility index (Phi) is 11.7. The van der Waals surface area contributed by atoms with Crippen molar-refractivity contribution in [2.75, 3.05) is 28.1 Å². The van der Waals surface area contributed by atoms with E-state index in [1.807, 2.05) is 6.07 Å². The number of hydrogen-bond donors (Lipinski definition) is 3. The molecule has 0 saturated carbocycles. The van der Waals surface area contributed by atoms with Crippen LogP contribution in [0, 0.1) is 0 Å². The molecule has 0 bridgehead atoms. The van der Waals surface area contributed by atoms with Crippen LogP contribution in [-0.4, -0.2) is 62.1 Å². The van der Waals surface area contributed by atoms with Crippen LogP contribution in [0.25, 0.3) is 6.08 Å². The molecule has 50 heavy (non-hydrogen) atoms. The van der Waals surface area contributed by atoms with Gasteiger partial charge in [0.2, 0.25) is 18.4 Å². The number of hydrogen-bond acceptors (Lipinski definition) is 11. The van der Waals surface area contributed by atoms with E-state index in [2.05, 4.69) is 5.32 Å². The topological polar surface area (TPSA) is 159 Å². The van der Waals surface area contributed by atoms with Gasteiger partial charge in [0.25, 0.3) is 0 Å². The summed E-state index contributed by atoms with van der Waals surface area (Å²) >= 11 is 0. The Balaban J connectivity index is 1.57. The van der Waals surface area contributed by atoms with Crippen molar-refractivity contribution in [2.24, 2.45) is 0 Å². The predicted molar refractivity (Wildman–Crippen MR) is 183 cm³/mol. The van der Waals surface area contributed by atoms with Crippen molar-refractivity contribution < 1.29 is 53.0 Å². The Morgan fingerprint density at radius 3 is 2.40 bits per heavy atom. The zero-order chi connectivity index (χ0) is 35.8. The first-order valence-electron chi connectivity index (χ1n) is 16.6. The molecular formula is C38H43NO11. The average molecular weight is 690 g/mol. The van der Waals surface area contributed by atoms with Crippen molar-refractivity contribution in [2.45, 2.75) is 70.4 Å². The fourth-order valence-corrected chi connectivity index (χ4v) is 6.22. The van der Waals surface area contributed by atoms with Gasteiger partial charge in [-0.05, 0) is 79.6 Å². The number of rotatable bonds is 9. The van der Waals surface area contributed by atoms with Crippen LogP contribution in [0.3, 0.4) is 0 Å². The number of esters is 1. The van der Waals surface area contributed by atoms with Gasteiger partial charge in [-0.2, -0.15) is 0 Å². The Hall–Kier alpha value is -5.39. The quantitative estimate of drug-likeness (QED) is 0.221. The van der Waals surface area contributed by atoms with Gasteiger partial charge >= 0.3 is 5.97 Å². The molecule has 0 aromatic heterocycles. The number of ketones is 1. The minimum atomic E-state index is -1.00. The third kappa shape index (κ3) is 8.24. The summed E-state index contributed by atoms with van der Waals surface area (Å²) in [6.07, 6.45) is 5.66. The zero-order valence-corrected chi connectivity index (χ0v) is 28.7. The van der Waals surface area contributed by atoms with Crippen LogP contribution in [0.2, 0.25) is 0 Å². The van der Waals surface area contributed by atoms with Crippen molar-refractivity contribution in [3.05, 3.63) is 70.3 Å². The van der Waals surface area contributed by atoms with Gasteiger partial charge in [0, 0.05) is 37.3 Å². The first-order valence-corrected chi connectivity index (χ1v) is 16.6. The summed E-state index contributed by atoms with van der Waals surface area (Å²) in [5.74, 6) is -0.820. The Morgan fingerprint density at radius 2 is 1.68 bits per heavy atom. The second-order valence-electron chi connectivity index (χ2n) is 12.2. The van der Waals surface area contributed by atoms with Gasteiger partial charge in [0.1, 0.15) is 22.8 Å². The maximum absolute atomic E-state index is 13.7. The largest absolute Gasteiger partial charge is 0.507 e. The van der Waals surface area contributed by atoms with Gasteiger partial charge in [0.05, 0.1) is 27.4 Å². The lowest BCUT2D eigenvalue weighted by Crippen LogP contribution is -2.25. The van der Waals surface area contributed by atoms with Crippen molar-refractivity contribution in [1.82, 2.24) is 5.32 Å². The molecule has 0 spiro atoms. The highest BCUT2D eigenvalue weighted by molar-refractivity contribution is 5.98. The molecule has 3 aromatic carbocycles. The molecule has 1 amide bonds. The molecule has 0 radical (unpaired) electrons. The molecule has 12 nitrogen and oxygen atoms in total. The molecule has 0 saturated heterocycles. The number of ether oxygens (including phenoxy) is 6. The summed E-state index contributed by atoms with van der Waals surface area (Å²) in [5, 5.41) is 26.4. The van der Waals surface area contributed by atoms with Gasteiger partial charge in [-0.15, -0.1) is 0 Å². The van der Waals surface area contributed by atoms with Crippen LogP contribution in [0.15, 0.2) is 42.5 Å². The molecule has 2 unspecified atom stereocenters. The van der Waals surface area contributed by atoms with Gasteiger partial charge in [-0.25, -0.2) is 4.79 Å². The molecule has 2 heterocycles. The third-order valence-corrected chi connectivity index (χ3v) is 8.81. The highest BCUT2D eigenvalue weighted by Gasteiger charge is 2.32. The van der Waals surface area contributed by atoms with Crippen LogP contribution in [0.5, 0.6) is 40.2 Å². The third-order valence-electron chi connectivity index (χ3n) is 8.81. The van der Waals surface area contributed by atoms with Crippen molar-refractivity contribution >= 4 is 23.7 Å². The van der Waals surface area contributed by atoms with Gasteiger partial charge in [-0.1, -0.05) is 18.2 Å². The molecule has 2 aliphatic heterocycles. The number of amides is 1. The van der Waals surface area contributed by atoms with Crippen LogP contribution in [0.1, 0.15) is 90.4 Å². The number of benzene rings is 3. The summed E-state index contributed by atoms with van der Waals surface area (Å²) in [5.41, 5.74) is 1.25. The minimum absolute atomic E-state index is 0.0547. The molecule has 0 fully saturated rings. The molecule has 3 N–H and O–H groups in total. The van der Waals surface area contributed by atoms with Crippen molar-refractivity contribution in [1.29, 1.82) is 0 Å². The lowest BCUT2D eigenvalue weighted by molar-refractivity contribution is -0.121. The fourth-order valence-electron chi connectivity index (χ4n) is 6.22. The number of fused-ring (bicyclic) bond motifs is 2. The molecule has 266 valence electrons. The van der Waals surface area contributed by atoms with Crippen molar-refractivity contribution in [3.63, 3.8) is 0 Å². The molecule has 0 aliphatic carbocycles. The number of allylic oxidation sites excluding steroid dienone is 1. The highest BCUT2D eigenvalue weighted by Crippen LogP contribution is 2.48. The SMILES string of the molecule is COc1cc(C(CC(=O)NCc2ccc3c(c2)OCO3)c2c(O)cc3c(c2O)C(=O)OC(C)CCCC(=O)CCCC=C3)cc(OC)c1OC. The fraction of sp³-hybridized carbons (Fsp3) is 0.395. The van der Waals surface area contributed by atoms with E-state index in [-0.39, 0.29) is 48.0 Å². The number of nitrogens with one attached hydrogen (secondary N) is 1. The molecule has 2 aliphatic rings. The van der Waals surface area contributed by atoms with E-state index in [0.717, 1.165) is 5.56 Å². The number of carbonyl (C=O) groups excluding carboxylic acids is 3. The van der Waals surface area contributed by atoms with Crippen LogP contribution >= 0.6 is 0 Å². The average Bonchev–Trinajstić information content (AvgIpc) is 3.57. The van der Waals surface area contributed by atoms with E-state index >= 15 is 0 Å². The molecular weight excluding hydrogens is 646 g/mol. The molecule has 5 rings (SSSR count). The van der Waals surface area contributed by atoms with Gasteiger partial charge < -0.3 is 44.0 Å². The first-order chi connectivity index (χ1) is 24.1. The van der Waals surface area contributed by atoms with Crippen molar-refractivity contribution in [3.8, 4) is 40.2 Å². The summed E-state index contributed by atoms with van der Waals surface area (Å²) in [7, 11) is 4.37. The van der Waals surface area contributed by atoms with E-state index in [9.17, 15) is 24.6 Å². The van der Waals surface area contributed by atoms with Crippen LogP contribution in [-0.2, 0) is 20.9 Å². The molecule has 12 heteroatoms. The van der Waals surface area contributed by atoms with Gasteiger partial charge in [-0.3, -0.25) is 9.59 Å². The Bertz CT molecular complexity index is 1740. The van der Waals surface area contributed by atoms with E-state index < -0.39 is 29.6 Å². The maximum Gasteiger partial charge on any atom is 0.342 e. The maximum atomic E-state index is 13.7. The van der Waals surface area contributed by atoms with Crippen LogP contribution in [0.4, 0.5) is 0 Å². The number of aromatic hydroxyl groups is 2. The first kappa shape index (κ1) is 35.9. The zero-order valence-electron chi connectivity index (χ0n) is 28.7. The number of methoxy groups -OCH3 is 3. The number of cyclic esters (lactones) is 1. The summed E-state index contributed by atoms with van der Waals surface area (Å²) in [4.78, 5) is 39.6. The number of carbonyl (C=O) groups is 3. The predicted octanol–water partition coefficient (Wildman–Crippen LogP) is 6.17.